The molecule has 5 aliphatic rings. The van der Waals surface area contributed by atoms with Crippen LogP contribution in [-0.4, -0.2) is 82.5 Å². The van der Waals surface area contributed by atoms with Gasteiger partial charge in [-0.05, 0) is 81.1 Å². The van der Waals surface area contributed by atoms with Gasteiger partial charge in [-0.15, -0.1) is 6.42 Å². The maximum Gasteiger partial charge on any atom is 0.319 e. The van der Waals surface area contributed by atoms with Crippen LogP contribution in [0.5, 0.6) is 17.6 Å². The number of benzene rings is 2. The van der Waals surface area contributed by atoms with Gasteiger partial charge in [-0.3, -0.25) is 0 Å². The van der Waals surface area contributed by atoms with Crippen molar-refractivity contribution in [3.8, 4) is 41.2 Å². The van der Waals surface area contributed by atoms with Crippen molar-refractivity contribution in [3.05, 3.63) is 41.7 Å². The van der Waals surface area contributed by atoms with E-state index in [1.807, 2.05) is 12.1 Å². The van der Waals surface area contributed by atoms with Crippen molar-refractivity contribution in [2.24, 2.45) is 11.3 Å². The van der Waals surface area contributed by atoms with E-state index < -0.39 is 5.82 Å². The van der Waals surface area contributed by atoms with Crippen LogP contribution < -0.4 is 19.7 Å². The molecule has 2 aromatic heterocycles. The number of terminal acetylenes is 1. The fourth-order valence-electron chi connectivity index (χ4n) is 8.32. The minimum absolute atomic E-state index is 0.00585. The largest absolute Gasteiger partial charge is 0.508 e. The molecule has 6 heterocycles. The number of anilines is 1. The fourth-order valence-corrected chi connectivity index (χ4v) is 8.32. The van der Waals surface area contributed by atoms with Crippen molar-refractivity contribution in [3.63, 3.8) is 0 Å². The number of fused-ring (bicyclic) bond motifs is 6. The molecule has 0 spiro atoms. The molecule has 0 radical (unpaired) electrons. The van der Waals surface area contributed by atoms with Gasteiger partial charge in [0.25, 0.3) is 0 Å². The summed E-state index contributed by atoms with van der Waals surface area (Å²) in [6.45, 7) is 7.19. The van der Waals surface area contributed by atoms with E-state index in [1.165, 1.54) is 18.9 Å². The van der Waals surface area contributed by atoms with Gasteiger partial charge in [0.15, 0.2) is 5.82 Å². The van der Waals surface area contributed by atoms with Gasteiger partial charge >= 0.3 is 6.01 Å². The lowest BCUT2D eigenvalue weighted by molar-refractivity contribution is 0.124. The Morgan fingerprint density at radius 2 is 1.98 bits per heavy atom. The summed E-state index contributed by atoms with van der Waals surface area (Å²) in [5.74, 6) is 3.74. The Bertz CT molecular complexity index is 1950. The highest BCUT2D eigenvalue weighted by Crippen LogP contribution is 2.48. The third kappa shape index (κ3) is 4.94. The molecule has 9 nitrogen and oxygen atoms in total. The minimum atomic E-state index is -0.625. The highest BCUT2D eigenvalue weighted by Gasteiger charge is 2.46. The van der Waals surface area contributed by atoms with Crippen LogP contribution in [0.3, 0.4) is 0 Å². The van der Waals surface area contributed by atoms with Crippen LogP contribution >= 0.6 is 0 Å². The maximum absolute atomic E-state index is 17.1. The number of aromatic nitrogens is 3. The summed E-state index contributed by atoms with van der Waals surface area (Å²) in [5, 5.41) is 16.2. The molecule has 0 unspecified atom stereocenters. The SMILES string of the molecule is C#Cc1cccc2cc(O)cc(-c3nc4c5c(nc(OCC6(CN7CCC(C)CC7)CC6)nc5c3F)N3C[C@H]5CC[C@H](N5)[C@H]3CO4)c12. The summed E-state index contributed by atoms with van der Waals surface area (Å²) in [7, 11) is 0. The average Bonchev–Trinajstić information content (AvgIpc) is 3.77. The van der Waals surface area contributed by atoms with Crippen molar-refractivity contribution in [1.82, 2.24) is 25.2 Å². The van der Waals surface area contributed by atoms with Crippen molar-refractivity contribution < 1.29 is 19.0 Å². The molecule has 4 aliphatic heterocycles. The van der Waals surface area contributed by atoms with Crippen LogP contribution in [0.15, 0.2) is 30.3 Å². The van der Waals surface area contributed by atoms with E-state index in [4.69, 9.17) is 30.8 Å². The Kier molecular flexibility index (Phi) is 6.74. The number of rotatable bonds is 6. The second-order valence-electron chi connectivity index (χ2n) is 14.5. The molecule has 9 rings (SSSR count). The lowest BCUT2D eigenvalue weighted by atomic mass is 9.96. The van der Waals surface area contributed by atoms with E-state index in [9.17, 15) is 5.11 Å². The van der Waals surface area contributed by atoms with E-state index in [0.29, 0.717) is 52.4 Å². The van der Waals surface area contributed by atoms with E-state index >= 15 is 4.39 Å². The highest BCUT2D eigenvalue weighted by molar-refractivity contribution is 6.04. The molecule has 1 saturated carbocycles. The molecule has 2 N–H and O–H groups in total. The van der Waals surface area contributed by atoms with E-state index in [-0.39, 0.29) is 46.3 Å². The molecule has 0 amide bonds. The van der Waals surface area contributed by atoms with Gasteiger partial charge in [-0.25, -0.2) is 9.37 Å². The first kappa shape index (κ1) is 29.0. The van der Waals surface area contributed by atoms with Crippen LogP contribution in [0.1, 0.15) is 51.0 Å². The summed E-state index contributed by atoms with van der Waals surface area (Å²) in [4.78, 5) is 19.4. The fraction of sp³-hybridized carbons (Fsp3) is 0.486. The predicted molar refractivity (Wildman–Crippen MR) is 178 cm³/mol. The number of ether oxygens (including phenoxy) is 2. The van der Waals surface area contributed by atoms with Gasteiger partial charge in [0.2, 0.25) is 5.88 Å². The van der Waals surface area contributed by atoms with Crippen molar-refractivity contribution in [2.45, 2.75) is 63.6 Å². The molecular formula is C37H39FN6O3. The Morgan fingerprint density at radius 1 is 1.13 bits per heavy atom. The minimum Gasteiger partial charge on any atom is -0.508 e. The lowest BCUT2D eigenvalue weighted by Crippen LogP contribution is -2.60. The lowest BCUT2D eigenvalue weighted by Gasteiger charge is -2.40. The zero-order chi connectivity index (χ0) is 31.9. The predicted octanol–water partition coefficient (Wildman–Crippen LogP) is 5.26. The molecule has 47 heavy (non-hydrogen) atoms. The summed E-state index contributed by atoms with van der Waals surface area (Å²) < 4.78 is 29.9. The molecule has 2 bridgehead atoms. The molecule has 242 valence electrons. The van der Waals surface area contributed by atoms with Crippen LogP contribution in [-0.2, 0) is 0 Å². The first-order valence-corrected chi connectivity index (χ1v) is 17.0. The van der Waals surface area contributed by atoms with Crippen LogP contribution in [0.2, 0.25) is 0 Å². The maximum atomic E-state index is 17.1. The number of nitrogens with zero attached hydrogens (tertiary/aromatic N) is 5. The van der Waals surface area contributed by atoms with E-state index in [1.54, 1.807) is 12.1 Å². The summed E-state index contributed by atoms with van der Waals surface area (Å²) in [6.07, 6.45) is 12.7. The topological polar surface area (TPSA) is 95.9 Å². The Labute approximate surface area is 273 Å². The number of hydrogen-bond acceptors (Lipinski definition) is 9. The highest BCUT2D eigenvalue weighted by atomic mass is 19.1. The molecule has 3 saturated heterocycles. The second-order valence-corrected chi connectivity index (χ2v) is 14.5. The first-order chi connectivity index (χ1) is 22.9. The quantitative estimate of drug-likeness (QED) is 0.275. The number of halogens is 1. The normalized spacial score (nSPS) is 24.9. The van der Waals surface area contributed by atoms with Crippen LogP contribution in [0.4, 0.5) is 10.2 Å². The molecule has 4 fully saturated rings. The second kappa shape index (κ2) is 10.9. The van der Waals surface area contributed by atoms with E-state index in [2.05, 4.69) is 28.0 Å². The number of aromatic hydroxyl groups is 1. The molecule has 2 aromatic carbocycles. The third-order valence-electron chi connectivity index (χ3n) is 11.2. The monoisotopic (exact) mass is 634 g/mol. The Balaban J connectivity index is 1.17. The summed E-state index contributed by atoms with van der Waals surface area (Å²) in [6, 6.07) is 9.33. The smallest absolute Gasteiger partial charge is 0.319 e. The van der Waals surface area contributed by atoms with Crippen molar-refractivity contribution in [1.29, 1.82) is 0 Å². The van der Waals surface area contributed by atoms with Gasteiger partial charge in [0, 0.05) is 47.1 Å². The summed E-state index contributed by atoms with van der Waals surface area (Å²) >= 11 is 0. The Hall–Kier alpha value is -4.20. The number of piperidine rings is 1. The number of phenols is 1. The number of piperazine rings is 1. The standard InChI is InChI=1S/C37H39FN6O3/c1-3-22-5-4-6-23-15-25(45)16-26(29(22)23)32-31(38)33-30-34(44-17-24-7-8-27(39-24)28(44)18-46-35(30)40-32)42-36(41-33)47-20-37(11-12-37)19-43-13-9-21(2)10-14-43/h1,4-6,15-16,21,24,27-28,39,45H,7-14,17-20H2,2H3/t24-,27+,28-/m1/s1. The summed E-state index contributed by atoms with van der Waals surface area (Å²) in [5.41, 5.74) is 1.15. The zero-order valence-electron chi connectivity index (χ0n) is 26.6. The van der Waals surface area contributed by atoms with Gasteiger partial charge < -0.3 is 29.7 Å². The molecular weight excluding hydrogens is 595 g/mol. The molecule has 4 aromatic rings. The number of pyridine rings is 1. The third-order valence-corrected chi connectivity index (χ3v) is 11.2. The number of phenolic OH excluding ortho intramolecular Hbond substituents is 1. The van der Waals surface area contributed by atoms with Gasteiger partial charge in [0.1, 0.15) is 34.8 Å². The van der Waals surface area contributed by atoms with Crippen molar-refractivity contribution in [2.75, 3.05) is 44.3 Å². The Morgan fingerprint density at radius 3 is 2.79 bits per heavy atom. The average molecular weight is 635 g/mol. The molecule has 1 aliphatic carbocycles. The molecule has 3 atom stereocenters. The van der Waals surface area contributed by atoms with Gasteiger partial charge in [0.05, 0.1) is 12.6 Å². The van der Waals surface area contributed by atoms with Gasteiger partial charge in [-0.1, -0.05) is 25.0 Å². The number of nitrogens with one attached hydrogen (secondary N) is 1. The molecule has 10 heteroatoms. The zero-order valence-corrected chi connectivity index (χ0v) is 26.6. The van der Waals surface area contributed by atoms with E-state index in [0.717, 1.165) is 57.8 Å². The van der Waals surface area contributed by atoms with Gasteiger partial charge in [-0.2, -0.15) is 9.97 Å². The van der Waals surface area contributed by atoms with Crippen LogP contribution in [0.25, 0.3) is 32.9 Å². The first-order valence-electron chi connectivity index (χ1n) is 17.0. The number of likely N-dealkylation sites (tertiary alicyclic amines) is 1. The van der Waals surface area contributed by atoms with Crippen molar-refractivity contribution >= 4 is 27.5 Å². The van der Waals surface area contributed by atoms with Crippen LogP contribution in [0, 0.1) is 29.5 Å². The number of hydrogen-bond donors (Lipinski definition) is 2.